The number of thioether (sulfide) groups is 1. The molecule has 4 N–H and O–H groups in total. The van der Waals surface area contributed by atoms with Gasteiger partial charge >= 0.3 is 0 Å². The molecule has 3 rings (SSSR count). The van der Waals surface area contributed by atoms with Gasteiger partial charge in [0.1, 0.15) is 11.6 Å². The van der Waals surface area contributed by atoms with Gasteiger partial charge in [-0.1, -0.05) is 11.8 Å². The van der Waals surface area contributed by atoms with E-state index in [0.717, 1.165) is 11.3 Å². The predicted molar refractivity (Wildman–Crippen MR) is 84.5 cm³/mol. The Bertz CT molecular complexity index is 786. The molecule has 0 bridgehead atoms. The van der Waals surface area contributed by atoms with Gasteiger partial charge in [-0.05, 0) is 24.3 Å². The molecule has 0 saturated heterocycles. The van der Waals surface area contributed by atoms with E-state index in [-0.39, 0.29) is 11.9 Å². The lowest BCUT2D eigenvalue weighted by atomic mass is 10.2. The van der Waals surface area contributed by atoms with Crippen LogP contribution in [0, 0.1) is 0 Å². The third-order valence-corrected chi connectivity index (χ3v) is 3.60. The van der Waals surface area contributed by atoms with Gasteiger partial charge in [-0.3, -0.25) is 0 Å². The Hall–Kier alpha value is -2.88. The minimum atomic E-state index is 0.0811. The number of aromatic nitrogens is 5. The molecule has 118 valence electrons. The van der Waals surface area contributed by atoms with Crippen molar-refractivity contribution in [2.24, 2.45) is 0 Å². The van der Waals surface area contributed by atoms with E-state index in [2.05, 4.69) is 25.1 Å². The fourth-order valence-electron chi connectivity index (χ4n) is 1.77. The van der Waals surface area contributed by atoms with Crippen LogP contribution < -0.4 is 16.2 Å². The highest BCUT2D eigenvalue weighted by molar-refractivity contribution is 7.98. The van der Waals surface area contributed by atoms with Crippen molar-refractivity contribution >= 4 is 23.7 Å². The number of benzene rings is 1. The molecule has 0 saturated carbocycles. The molecule has 3 aromatic rings. The summed E-state index contributed by atoms with van der Waals surface area (Å²) in [6.45, 7) is 0. The van der Waals surface area contributed by atoms with E-state index in [9.17, 15) is 0 Å². The smallest absolute Gasteiger partial charge is 0.277 e. The molecule has 0 spiro atoms. The highest BCUT2D eigenvalue weighted by Crippen LogP contribution is 2.26. The SMILES string of the molecule is COc1ccc(-c2nnc(SCc3nc(N)nc(N)n3)o2)cc1. The number of rotatable bonds is 5. The highest BCUT2D eigenvalue weighted by Gasteiger charge is 2.11. The third-order valence-electron chi connectivity index (χ3n) is 2.78. The lowest BCUT2D eigenvalue weighted by molar-refractivity contribution is 0.414. The molecule has 10 heteroatoms. The number of nitrogens with two attached hydrogens (primary N) is 2. The quantitative estimate of drug-likeness (QED) is 0.659. The minimum absolute atomic E-state index is 0.0811. The number of ether oxygens (including phenoxy) is 1. The van der Waals surface area contributed by atoms with Gasteiger partial charge < -0.3 is 20.6 Å². The topological polar surface area (TPSA) is 139 Å². The molecule has 0 aliphatic heterocycles. The summed E-state index contributed by atoms with van der Waals surface area (Å²) in [5.41, 5.74) is 11.8. The monoisotopic (exact) mass is 331 g/mol. The van der Waals surface area contributed by atoms with E-state index in [1.54, 1.807) is 7.11 Å². The molecule has 9 nitrogen and oxygen atoms in total. The summed E-state index contributed by atoms with van der Waals surface area (Å²) in [6, 6.07) is 7.33. The molecule has 0 atom stereocenters. The first-order valence-electron chi connectivity index (χ1n) is 6.50. The second-order valence-corrected chi connectivity index (χ2v) is 5.28. The van der Waals surface area contributed by atoms with Gasteiger partial charge in [-0.25, -0.2) is 0 Å². The summed E-state index contributed by atoms with van der Waals surface area (Å²) >= 11 is 1.29. The molecule has 0 aliphatic carbocycles. The summed E-state index contributed by atoms with van der Waals surface area (Å²) in [5.74, 6) is 2.18. The molecule has 0 aliphatic rings. The Balaban J connectivity index is 1.69. The van der Waals surface area contributed by atoms with Gasteiger partial charge in [-0.2, -0.15) is 15.0 Å². The average molecular weight is 331 g/mol. The molecule has 0 unspecified atom stereocenters. The van der Waals surface area contributed by atoms with E-state index < -0.39 is 0 Å². The average Bonchev–Trinajstić information content (AvgIpc) is 3.01. The fraction of sp³-hybridized carbons (Fsp3) is 0.154. The Labute approximate surface area is 135 Å². The van der Waals surface area contributed by atoms with Gasteiger partial charge in [0.25, 0.3) is 5.22 Å². The molecule has 0 radical (unpaired) electrons. The van der Waals surface area contributed by atoms with Crippen LogP contribution in [0.3, 0.4) is 0 Å². The van der Waals surface area contributed by atoms with Gasteiger partial charge in [0.2, 0.25) is 17.8 Å². The molecular formula is C13H13N7O2S. The van der Waals surface area contributed by atoms with Crippen LogP contribution in [0.5, 0.6) is 5.75 Å². The molecule has 0 amide bonds. The first-order valence-corrected chi connectivity index (χ1v) is 7.49. The fourth-order valence-corrected chi connectivity index (χ4v) is 2.38. The van der Waals surface area contributed by atoms with E-state index in [4.69, 9.17) is 20.6 Å². The Kier molecular flexibility index (Phi) is 4.24. The van der Waals surface area contributed by atoms with Crippen molar-refractivity contribution in [3.8, 4) is 17.2 Å². The maximum Gasteiger partial charge on any atom is 0.277 e. The van der Waals surface area contributed by atoms with E-state index >= 15 is 0 Å². The third kappa shape index (κ3) is 3.66. The highest BCUT2D eigenvalue weighted by atomic mass is 32.2. The Morgan fingerprint density at radius 3 is 2.39 bits per heavy atom. The zero-order valence-electron chi connectivity index (χ0n) is 12.1. The lowest BCUT2D eigenvalue weighted by Gasteiger charge is -2.00. The van der Waals surface area contributed by atoms with Crippen molar-refractivity contribution in [2.45, 2.75) is 11.0 Å². The van der Waals surface area contributed by atoms with Crippen LogP contribution >= 0.6 is 11.8 Å². The van der Waals surface area contributed by atoms with E-state index in [1.165, 1.54) is 11.8 Å². The molecule has 0 fully saturated rings. The Morgan fingerprint density at radius 2 is 1.74 bits per heavy atom. The van der Waals surface area contributed by atoms with Crippen LogP contribution in [0.1, 0.15) is 5.82 Å². The molecule has 1 aromatic carbocycles. The van der Waals surface area contributed by atoms with Crippen molar-refractivity contribution in [1.29, 1.82) is 0 Å². The van der Waals surface area contributed by atoms with Crippen LogP contribution in [0.2, 0.25) is 0 Å². The van der Waals surface area contributed by atoms with Crippen LogP contribution in [-0.2, 0) is 5.75 Å². The normalized spacial score (nSPS) is 10.7. The van der Waals surface area contributed by atoms with Crippen molar-refractivity contribution < 1.29 is 9.15 Å². The number of methoxy groups -OCH3 is 1. The molecule has 2 heterocycles. The molecule has 2 aromatic heterocycles. The standard InChI is InChI=1S/C13H13N7O2S/c1-21-8-4-2-7(3-5-8)10-19-20-13(22-10)23-6-9-16-11(14)18-12(15)17-9/h2-5H,6H2,1H3,(H4,14,15,16,17,18). The number of anilines is 2. The zero-order chi connectivity index (χ0) is 16.2. The van der Waals surface area contributed by atoms with E-state index in [1.807, 2.05) is 24.3 Å². The second kappa shape index (κ2) is 6.48. The first kappa shape index (κ1) is 15.0. The van der Waals surface area contributed by atoms with Gasteiger partial charge in [0, 0.05) is 5.56 Å². The molecular weight excluding hydrogens is 318 g/mol. The summed E-state index contributed by atoms with van der Waals surface area (Å²) in [4.78, 5) is 11.7. The van der Waals surface area contributed by atoms with Gasteiger partial charge in [0.05, 0.1) is 12.9 Å². The van der Waals surface area contributed by atoms with Crippen LogP contribution in [0.25, 0.3) is 11.5 Å². The number of nitrogens with zero attached hydrogens (tertiary/aromatic N) is 5. The Morgan fingerprint density at radius 1 is 1.04 bits per heavy atom. The lowest BCUT2D eigenvalue weighted by Crippen LogP contribution is -2.05. The maximum absolute atomic E-state index is 5.59. The van der Waals surface area contributed by atoms with Crippen molar-refractivity contribution in [3.63, 3.8) is 0 Å². The summed E-state index contributed by atoms with van der Waals surface area (Å²) in [7, 11) is 1.61. The number of nitrogen functional groups attached to an aromatic ring is 2. The second-order valence-electron chi connectivity index (χ2n) is 4.36. The van der Waals surface area contributed by atoms with Crippen molar-refractivity contribution in [3.05, 3.63) is 30.1 Å². The van der Waals surface area contributed by atoms with Gasteiger partial charge in [-0.15, -0.1) is 10.2 Å². The molecule has 23 heavy (non-hydrogen) atoms. The van der Waals surface area contributed by atoms with Crippen LogP contribution in [0.4, 0.5) is 11.9 Å². The predicted octanol–water partition coefficient (Wildman–Crippen LogP) is 1.39. The van der Waals surface area contributed by atoms with Crippen LogP contribution in [0.15, 0.2) is 33.9 Å². The largest absolute Gasteiger partial charge is 0.497 e. The van der Waals surface area contributed by atoms with Gasteiger partial charge in [0.15, 0.2) is 0 Å². The number of hydrogen-bond donors (Lipinski definition) is 2. The van der Waals surface area contributed by atoms with Crippen molar-refractivity contribution in [2.75, 3.05) is 18.6 Å². The minimum Gasteiger partial charge on any atom is -0.497 e. The van der Waals surface area contributed by atoms with Crippen molar-refractivity contribution in [1.82, 2.24) is 25.1 Å². The van der Waals surface area contributed by atoms with Crippen LogP contribution in [-0.4, -0.2) is 32.3 Å². The number of hydrogen-bond acceptors (Lipinski definition) is 10. The summed E-state index contributed by atoms with van der Waals surface area (Å²) < 4.78 is 10.7. The summed E-state index contributed by atoms with van der Waals surface area (Å²) in [5, 5.41) is 8.38. The maximum atomic E-state index is 5.59. The van der Waals surface area contributed by atoms with E-state index in [0.29, 0.717) is 22.7 Å². The first-order chi connectivity index (χ1) is 11.1. The summed E-state index contributed by atoms with van der Waals surface area (Å²) in [6.07, 6.45) is 0. The zero-order valence-corrected chi connectivity index (χ0v) is 12.9.